The zero-order valence-corrected chi connectivity index (χ0v) is 34.5. The van der Waals surface area contributed by atoms with E-state index < -0.39 is 33.7 Å². The smallest absolute Gasteiger partial charge is 0.407 e. The topological polar surface area (TPSA) is 247 Å². The van der Waals surface area contributed by atoms with Crippen molar-refractivity contribution in [1.82, 2.24) is 40.1 Å². The lowest BCUT2D eigenvalue weighted by Gasteiger charge is -2.36. The fourth-order valence-electron chi connectivity index (χ4n) is 7.14. The molecule has 2 fully saturated rings. The van der Waals surface area contributed by atoms with Gasteiger partial charge < -0.3 is 25.8 Å². The van der Waals surface area contributed by atoms with Gasteiger partial charge in [0.25, 0.3) is 6.47 Å². The molecule has 18 nitrogen and oxygen atoms in total. The van der Waals surface area contributed by atoms with Gasteiger partial charge in [-0.15, -0.1) is 10.2 Å². The summed E-state index contributed by atoms with van der Waals surface area (Å²) in [5, 5.41) is 23.9. The Hall–Kier alpha value is -5.79. The lowest BCUT2D eigenvalue weighted by Crippen LogP contribution is -2.52. The molecule has 0 unspecified atom stereocenters. The van der Waals surface area contributed by atoms with Crippen molar-refractivity contribution >= 4 is 40.1 Å². The summed E-state index contributed by atoms with van der Waals surface area (Å²) >= 11 is 0. The number of aromatic amines is 1. The van der Waals surface area contributed by atoms with Crippen LogP contribution >= 0.6 is 0 Å². The number of carboxylic acid groups (broad SMARTS) is 1. The predicted molar refractivity (Wildman–Crippen MR) is 218 cm³/mol. The molecule has 2 aliphatic rings. The molecule has 3 heterocycles. The molecular weight excluding hydrogens is 781 g/mol. The first-order valence-electron chi connectivity index (χ1n) is 19.3. The fourth-order valence-corrected chi connectivity index (χ4v) is 8.55. The number of tetrazole rings is 1. The molecule has 1 saturated carbocycles. The molecule has 0 radical (unpaired) electrons. The number of aromatic nitrogens is 5. The van der Waals surface area contributed by atoms with Crippen LogP contribution in [0.5, 0.6) is 0 Å². The minimum Gasteiger partial charge on any atom is -0.483 e. The number of benzene rings is 2. The number of amides is 3. The molecule has 59 heavy (non-hydrogen) atoms. The van der Waals surface area contributed by atoms with Crippen molar-refractivity contribution < 1.29 is 37.4 Å². The van der Waals surface area contributed by atoms with E-state index in [-0.39, 0.29) is 35.5 Å². The van der Waals surface area contributed by atoms with Gasteiger partial charge in [0.2, 0.25) is 27.7 Å². The van der Waals surface area contributed by atoms with E-state index in [1.54, 1.807) is 36.5 Å². The normalized spacial score (nSPS) is 18.1. The molecule has 2 aromatic heterocycles. The highest BCUT2D eigenvalue weighted by atomic mass is 32.2. The molecule has 316 valence electrons. The fraction of sp³-hybridized carbons (Fsp3) is 0.450. The molecule has 19 heteroatoms. The van der Waals surface area contributed by atoms with Crippen LogP contribution in [0.15, 0.2) is 71.9 Å². The lowest BCUT2D eigenvalue weighted by molar-refractivity contribution is -0.127. The summed E-state index contributed by atoms with van der Waals surface area (Å²) in [6.07, 6.45) is 5.24. The third-order valence-corrected chi connectivity index (χ3v) is 12.1. The number of hydrogen-bond acceptors (Lipinski definition) is 12. The number of ether oxygens (including phenoxy) is 1. The minimum absolute atomic E-state index is 0.130. The van der Waals surface area contributed by atoms with Crippen molar-refractivity contribution in [2.75, 3.05) is 44.7 Å². The van der Waals surface area contributed by atoms with Crippen molar-refractivity contribution in [2.45, 2.75) is 69.4 Å². The van der Waals surface area contributed by atoms with Crippen LogP contribution < -0.4 is 16.0 Å². The maximum absolute atomic E-state index is 14.5. The van der Waals surface area contributed by atoms with E-state index in [9.17, 15) is 22.8 Å². The number of nitrogens with one attached hydrogen (secondary N) is 2. The Kier molecular flexibility index (Phi) is 14.9. The number of carbonyl (C=O) groups is 4. The van der Waals surface area contributed by atoms with E-state index >= 15 is 0 Å². The molecule has 1 aliphatic heterocycles. The maximum Gasteiger partial charge on any atom is 0.407 e. The summed E-state index contributed by atoms with van der Waals surface area (Å²) < 4.78 is 33.7. The van der Waals surface area contributed by atoms with E-state index in [0.717, 1.165) is 11.1 Å². The number of carbonyl (C=O) groups excluding carboxylic acids is 3. The van der Waals surface area contributed by atoms with E-state index in [0.29, 0.717) is 81.0 Å². The Labute approximate surface area is 343 Å². The molecule has 2 aromatic carbocycles. The quantitative estimate of drug-likeness (QED) is 0.150. The van der Waals surface area contributed by atoms with Crippen molar-refractivity contribution in [3.63, 3.8) is 0 Å². The number of rotatable bonds is 12. The third-order valence-electron chi connectivity index (χ3n) is 10.3. The van der Waals surface area contributed by atoms with Gasteiger partial charge in [0.05, 0.1) is 0 Å². The van der Waals surface area contributed by atoms with Crippen molar-refractivity contribution in [1.29, 1.82) is 0 Å². The van der Waals surface area contributed by atoms with Crippen LogP contribution in [0.2, 0.25) is 0 Å². The van der Waals surface area contributed by atoms with Gasteiger partial charge >= 0.3 is 6.09 Å². The van der Waals surface area contributed by atoms with E-state index in [2.05, 4.69) is 35.8 Å². The Balaban J connectivity index is 0.00000214. The number of alkyl carbamates (subject to hydrolysis) is 1. The average molecular weight is 833 g/mol. The second-order valence-corrected chi connectivity index (χ2v) is 17.6. The van der Waals surface area contributed by atoms with Crippen LogP contribution in [-0.4, -0.2) is 124 Å². The zero-order valence-electron chi connectivity index (χ0n) is 33.7. The van der Waals surface area contributed by atoms with E-state index in [1.807, 2.05) is 52.1 Å². The third kappa shape index (κ3) is 11.9. The second kappa shape index (κ2) is 19.8. The average Bonchev–Trinajstić information content (AvgIpc) is 3.76. The van der Waals surface area contributed by atoms with Gasteiger partial charge in [-0.1, -0.05) is 24.3 Å². The number of piperazine rings is 1. The first-order valence-corrected chi connectivity index (χ1v) is 20.8. The highest BCUT2D eigenvalue weighted by Crippen LogP contribution is 2.34. The zero-order chi connectivity index (χ0) is 42.7. The van der Waals surface area contributed by atoms with Crippen LogP contribution in [0.25, 0.3) is 22.5 Å². The van der Waals surface area contributed by atoms with Gasteiger partial charge in [-0.2, -0.15) is 9.52 Å². The van der Waals surface area contributed by atoms with Crippen LogP contribution in [0.4, 0.5) is 10.5 Å². The highest BCUT2D eigenvalue weighted by molar-refractivity contribution is 7.89. The molecule has 1 atom stereocenters. The van der Waals surface area contributed by atoms with Gasteiger partial charge in [0.15, 0.2) is 0 Å². The second-order valence-electron chi connectivity index (χ2n) is 15.6. The first kappa shape index (κ1) is 44.3. The van der Waals surface area contributed by atoms with Crippen molar-refractivity contribution in [2.24, 2.45) is 17.6 Å². The lowest BCUT2D eigenvalue weighted by atomic mass is 9.81. The predicted octanol–water partition coefficient (Wildman–Crippen LogP) is 3.33. The van der Waals surface area contributed by atoms with Gasteiger partial charge in [-0.3, -0.25) is 24.3 Å². The molecule has 3 amide bonds. The number of primary amides is 1. The largest absolute Gasteiger partial charge is 0.483 e. The first-order chi connectivity index (χ1) is 28.1. The van der Waals surface area contributed by atoms with Gasteiger partial charge in [0, 0.05) is 74.3 Å². The number of nitrogens with zero attached hydrogens (tertiary/aromatic N) is 7. The van der Waals surface area contributed by atoms with Crippen LogP contribution in [-0.2, 0) is 35.6 Å². The van der Waals surface area contributed by atoms with E-state index in [4.69, 9.17) is 20.4 Å². The molecule has 0 spiro atoms. The van der Waals surface area contributed by atoms with Gasteiger partial charge in [-0.25, -0.2) is 13.2 Å². The molecule has 4 aromatic rings. The number of nitrogens with two attached hydrogens (primary N) is 1. The molecule has 1 saturated heterocycles. The Morgan fingerprint density at radius 3 is 2.19 bits per heavy atom. The van der Waals surface area contributed by atoms with Crippen molar-refractivity contribution in [3.8, 4) is 22.5 Å². The minimum atomic E-state index is -3.71. The Morgan fingerprint density at radius 2 is 1.61 bits per heavy atom. The molecule has 1 aliphatic carbocycles. The summed E-state index contributed by atoms with van der Waals surface area (Å²) in [5.74, 6) is -0.665. The number of sulfonamides is 1. The summed E-state index contributed by atoms with van der Waals surface area (Å²) in [6, 6.07) is 15.0. The SMILES string of the molecule is CN1CCN(S(=O)(=O)c2cncc(-c3ccc(C[C@@H](C(N)=O)N(C(=O)C4CCC(CNC(=O)OC(C)(C)C)CC4)c4ccc(-c5nn[nH]n5)cc4)cc3)c2)CC1.O=CO. The van der Waals surface area contributed by atoms with Gasteiger partial charge in [-0.05, 0) is 106 Å². The van der Waals surface area contributed by atoms with Gasteiger partial charge in [0.1, 0.15) is 16.5 Å². The number of hydrogen-bond donors (Lipinski definition) is 4. The Bertz CT molecular complexity index is 2130. The number of pyridine rings is 1. The van der Waals surface area contributed by atoms with Crippen LogP contribution in [0.3, 0.4) is 0 Å². The molecule has 5 N–H and O–H groups in total. The summed E-state index contributed by atoms with van der Waals surface area (Å²) in [4.78, 5) is 56.4. The maximum atomic E-state index is 14.5. The van der Waals surface area contributed by atoms with Crippen LogP contribution in [0, 0.1) is 11.8 Å². The molecule has 0 bridgehead atoms. The number of H-pyrrole nitrogens is 1. The summed E-state index contributed by atoms with van der Waals surface area (Å²) in [5.41, 5.74) is 8.80. The monoisotopic (exact) mass is 832 g/mol. The standard InChI is InChI=1S/C39H50N10O6S.CH2O2/c1-39(2,3)55-38(52)42-23-27-7-11-30(12-8-27)37(51)49(32-15-13-29(14-16-32)36-43-45-46-44-36)34(35(40)50)21-26-5-9-28(10-6-26)31-22-33(25-41-24-31)56(53,54)48-19-17-47(4)18-20-48;2-1-3/h5-6,9-10,13-16,22,24-25,27,30,34H,7-8,11-12,17-21,23H2,1-4H3,(H2,40,50)(H,42,52)(H,43,44,45,46);1H,(H,2,3)/t27?,30?,34-;/m0./s1. The molecular formula is C40H52N10O8S. The summed E-state index contributed by atoms with van der Waals surface area (Å²) in [6.45, 7) is 7.77. The Morgan fingerprint density at radius 1 is 0.983 bits per heavy atom. The van der Waals surface area contributed by atoms with E-state index in [1.165, 1.54) is 15.4 Å². The number of likely N-dealkylation sites (N-methyl/N-ethyl adjacent to an activating group) is 1. The number of anilines is 1. The van der Waals surface area contributed by atoms with Crippen LogP contribution in [0.1, 0.15) is 52.0 Å². The summed E-state index contributed by atoms with van der Waals surface area (Å²) in [7, 11) is -1.74. The molecule has 6 rings (SSSR count). The highest BCUT2D eigenvalue weighted by Gasteiger charge is 2.36. The van der Waals surface area contributed by atoms with Crippen molar-refractivity contribution in [3.05, 3.63) is 72.6 Å².